The number of para-hydroxylation sites is 1. The van der Waals surface area contributed by atoms with E-state index in [0.29, 0.717) is 22.8 Å². The Labute approximate surface area is 149 Å². The molecule has 3 heterocycles. The molecule has 1 N–H and O–H groups in total. The molecule has 0 spiro atoms. The molecule has 0 radical (unpaired) electrons. The van der Waals surface area contributed by atoms with Crippen LogP contribution < -0.4 is 5.32 Å². The van der Waals surface area contributed by atoms with E-state index in [9.17, 15) is 4.79 Å². The minimum Gasteiger partial charge on any atom is -0.356 e. The summed E-state index contributed by atoms with van der Waals surface area (Å²) in [4.78, 5) is 16.7. The van der Waals surface area contributed by atoms with E-state index < -0.39 is 0 Å². The van der Waals surface area contributed by atoms with Crippen LogP contribution in [0.15, 0.2) is 53.2 Å². The van der Waals surface area contributed by atoms with Gasteiger partial charge in [-0.2, -0.15) is 5.10 Å². The molecule has 130 valence electrons. The van der Waals surface area contributed by atoms with E-state index in [1.165, 1.54) is 0 Å². The van der Waals surface area contributed by atoms with Gasteiger partial charge < -0.3 is 9.84 Å². The maximum Gasteiger partial charge on any atom is 0.230 e. The SMILES string of the molecule is Cc1cc(C)n(-c2ccc(NC(=O)Cc3noc4ccccc34)cn2)n1. The van der Waals surface area contributed by atoms with Gasteiger partial charge in [0.2, 0.25) is 5.91 Å². The van der Waals surface area contributed by atoms with Gasteiger partial charge >= 0.3 is 0 Å². The summed E-state index contributed by atoms with van der Waals surface area (Å²) in [5, 5.41) is 12.1. The van der Waals surface area contributed by atoms with Gasteiger partial charge in [0.15, 0.2) is 11.4 Å². The topological polar surface area (TPSA) is 85.8 Å². The molecule has 0 bridgehead atoms. The predicted octanol–water partition coefficient (Wildman–Crippen LogP) is 3.21. The second-order valence-electron chi connectivity index (χ2n) is 6.09. The molecule has 4 aromatic rings. The summed E-state index contributed by atoms with van der Waals surface area (Å²) >= 11 is 0. The number of anilines is 1. The summed E-state index contributed by atoms with van der Waals surface area (Å²) in [6.07, 6.45) is 1.75. The first kappa shape index (κ1) is 16.0. The van der Waals surface area contributed by atoms with Crippen LogP contribution in [0.25, 0.3) is 16.8 Å². The van der Waals surface area contributed by atoms with Gasteiger partial charge in [-0.1, -0.05) is 17.3 Å². The highest BCUT2D eigenvalue weighted by molar-refractivity contribution is 5.94. The Hall–Kier alpha value is -3.48. The van der Waals surface area contributed by atoms with Gasteiger partial charge in [-0.15, -0.1) is 0 Å². The fourth-order valence-electron chi connectivity index (χ4n) is 2.87. The predicted molar refractivity (Wildman–Crippen MR) is 97.2 cm³/mol. The normalized spacial score (nSPS) is 11.0. The molecule has 1 aromatic carbocycles. The molecular formula is C19H17N5O2. The van der Waals surface area contributed by atoms with Crippen molar-refractivity contribution in [3.05, 3.63) is 65.7 Å². The number of fused-ring (bicyclic) bond motifs is 1. The van der Waals surface area contributed by atoms with E-state index in [4.69, 9.17) is 4.52 Å². The van der Waals surface area contributed by atoms with E-state index in [1.807, 2.05) is 50.2 Å². The Balaban J connectivity index is 1.47. The largest absolute Gasteiger partial charge is 0.356 e. The lowest BCUT2D eigenvalue weighted by atomic mass is 10.1. The van der Waals surface area contributed by atoms with Crippen molar-refractivity contribution in [1.29, 1.82) is 0 Å². The summed E-state index contributed by atoms with van der Waals surface area (Å²) in [6.45, 7) is 3.91. The van der Waals surface area contributed by atoms with Crippen molar-refractivity contribution in [3.8, 4) is 5.82 Å². The van der Waals surface area contributed by atoms with Gasteiger partial charge in [0.25, 0.3) is 0 Å². The van der Waals surface area contributed by atoms with Crippen LogP contribution in [0.1, 0.15) is 17.1 Å². The van der Waals surface area contributed by atoms with Crippen LogP contribution in [-0.2, 0) is 11.2 Å². The molecule has 26 heavy (non-hydrogen) atoms. The number of carbonyl (C=O) groups excluding carboxylic acids is 1. The van der Waals surface area contributed by atoms with Crippen molar-refractivity contribution >= 4 is 22.6 Å². The molecule has 0 atom stereocenters. The number of nitrogens with zero attached hydrogens (tertiary/aromatic N) is 4. The molecule has 1 amide bonds. The van der Waals surface area contributed by atoms with Crippen LogP contribution in [-0.4, -0.2) is 25.8 Å². The number of rotatable bonds is 4. The minimum atomic E-state index is -0.176. The minimum absolute atomic E-state index is 0.135. The highest BCUT2D eigenvalue weighted by Crippen LogP contribution is 2.19. The van der Waals surface area contributed by atoms with Gasteiger partial charge in [0.05, 0.1) is 24.0 Å². The molecule has 0 aliphatic carbocycles. The molecule has 0 fully saturated rings. The monoisotopic (exact) mass is 347 g/mol. The van der Waals surface area contributed by atoms with Crippen molar-refractivity contribution in [2.75, 3.05) is 5.32 Å². The summed E-state index contributed by atoms with van der Waals surface area (Å²) in [6, 6.07) is 13.1. The smallest absolute Gasteiger partial charge is 0.230 e. The average Bonchev–Trinajstić information content (AvgIpc) is 3.18. The zero-order valence-electron chi connectivity index (χ0n) is 14.4. The zero-order chi connectivity index (χ0) is 18.1. The number of carbonyl (C=O) groups is 1. The van der Waals surface area contributed by atoms with Crippen LogP contribution in [0.5, 0.6) is 0 Å². The number of aromatic nitrogens is 4. The third-order valence-electron chi connectivity index (χ3n) is 4.04. The lowest BCUT2D eigenvalue weighted by Gasteiger charge is -2.06. The summed E-state index contributed by atoms with van der Waals surface area (Å²) in [5.74, 6) is 0.529. The quantitative estimate of drug-likeness (QED) is 0.613. The molecule has 0 saturated carbocycles. The fraction of sp³-hybridized carbons (Fsp3) is 0.158. The van der Waals surface area contributed by atoms with Gasteiger partial charge in [-0.3, -0.25) is 4.79 Å². The second kappa shape index (κ2) is 6.44. The summed E-state index contributed by atoms with van der Waals surface area (Å²) in [7, 11) is 0. The summed E-state index contributed by atoms with van der Waals surface area (Å²) in [5.41, 5.74) is 3.84. The highest BCUT2D eigenvalue weighted by atomic mass is 16.5. The fourth-order valence-corrected chi connectivity index (χ4v) is 2.87. The molecular weight excluding hydrogens is 330 g/mol. The Bertz CT molecular complexity index is 1080. The van der Waals surface area contributed by atoms with Crippen molar-refractivity contribution in [2.24, 2.45) is 0 Å². The standard InChI is InChI=1S/C19H17N5O2/c1-12-9-13(2)24(22-12)18-8-7-14(11-20-18)21-19(25)10-16-15-5-3-4-6-17(15)26-23-16/h3-9,11H,10H2,1-2H3,(H,21,25). The first-order valence-corrected chi connectivity index (χ1v) is 8.23. The molecule has 0 aliphatic heterocycles. The number of pyridine rings is 1. The zero-order valence-corrected chi connectivity index (χ0v) is 14.4. The lowest BCUT2D eigenvalue weighted by Crippen LogP contribution is -2.15. The van der Waals surface area contributed by atoms with E-state index >= 15 is 0 Å². The van der Waals surface area contributed by atoms with Crippen LogP contribution in [0.2, 0.25) is 0 Å². The second-order valence-corrected chi connectivity index (χ2v) is 6.09. The Morgan fingerprint density at radius 2 is 2.04 bits per heavy atom. The Morgan fingerprint density at radius 1 is 1.19 bits per heavy atom. The third-order valence-corrected chi connectivity index (χ3v) is 4.04. The first-order chi connectivity index (χ1) is 12.6. The van der Waals surface area contributed by atoms with Crippen molar-refractivity contribution < 1.29 is 9.32 Å². The molecule has 0 saturated heterocycles. The molecule has 0 aliphatic rings. The van der Waals surface area contributed by atoms with Gasteiger partial charge in [0, 0.05) is 11.1 Å². The van der Waals surface area contributed by atoms with Gasteiger partial charge in [-0.05, 0) is 44.2 Å². The maximum absolute atomic E-state index is 12.3. The number of aryl methyl sites for hydroxylation is 2. The van der Waals surface area contributed by atoms with E-state index in [2.05, 4.69) is 20.6 Å². The van der Waals surface area contributed by atoms with Crippen molar-refractivity contribution in [3.63, 3.8) is 0 Å². The molecule has 4 rings (SSSR count). The van der Waals surface area contributed by atoms with Gasteiger partial charge in [0.1, 0.15) is 5.69 Å². The van der Waals surface area contributed by atoms with Gasteiger partial charge in [-0.25, -0.2) is 9.67 Å². The average molecular weight is 347 g/mol. The Kier molecular flexibility index (Phi) is 3.96. The number of benzene rings is 1. The van der Waals surface area contributed by atoms with E-state index in [-0.39, 0.29) is 12.3 Å². The van der Waals surface area contributed by atoms with Crippen LogP contribution in [0, 0.1) is 13.8 Å². The van der Waals surface area contributed by atoms with E-state index in [0.717, 1.165) is 16.8 Å². The molecule has 0 unspecified atom stereocenters. The number of amides is 1. The maximum atomic E-state index is 12.3. The molecule has 7 nitrogen and oxygen atoms in total. The number of hydrogen-bond donors (Lipinski definition) is 1. The van der Waals surface area contributed by atoms with Crippen LogP contribution >= 0.6 is 0 Å². The molecule has 7 heteroatoms. The highest BCUT2D eigenvalue weighted by Gasteiger charge is 2.12. The Morgan fingerprint density at radius 3 is 2.77 bits per heavy atom. The molecule has 3 aromatic heterocycles. The van der Waals surface area contributed by atoms with Crippen molar-refractivity contribution in [1.82, 2.24) is 19.9 Å². The van der Waals surface area contributed by atoms with Crippen LogP contribution in [0.3, 0.4) is 0 Å². The van der Waals surface area contributed by atoms with Crippen molar-refractivity contribution in [2.45, 2.75) is 20.3 Å². The lowest BCUT2D eigenvalue weighted by molar-refractivity contribution is -0.115. The first-order valence-electron chi connectivity index (χ1n) is 8.23. The third kappa shape index (κ3) is 3.06. The summed E-state index contributed by atoms with van der Waals surface area (Å²) < 4.78 is 6.99. The van der Waals surface area contributed by atoms with E-state index in [1.54, 1.807) is 16.9 Å². The number of nitrogens with one attached hydrogen (secondary N) is 1. The number of hydrogen-bond acceptors (Lipinski definition) is 5. The van der Waals surface area contributed by atoms with Crippen LogP contribution in [0.4, 0.5) is 5.69 Å².